The van der Waals surface area contributed by atoms with Crippen molar-refractivity contribution in [2.45, 2.75) is 28.8 Å². The molecule has 1 unspecified atom stereocenters. The maximum absolute atomic E-state index is 12.9. The van der Waals surface area contributed by atoms with Gasteiger partial charge in [0.1, 0.15) is 0 Å². The first-order valence-electron chi connectivity index (χ1n) is 9.01. The number of allylic oxidation sites excluding steroid dienone is 1. The average Bonchev–Trinajstić information content (AvgIpc) is 2.70. The normalized spacial score (nSPS) is 12.5. The number of hydrogen-bond donors (Lipinski definition) is 2. The minimum Gasteiger partial charge on any atom is -0.325 e. The molecule has 0 fully saturated rings. The van der Waals surface area contributed by atoms with Crippen LogP contribution in [0, 0.1) is 0 Å². The summed E-state index contributed by atoms with van der Waals surface area (Å²) in [5.74, 6) is -0.348. The molecular weight excluding hydrogens is 460 g/mol. The number of hydrogen-bond acceptors (Lipinski definition) is 6. The van der Waals surface area contributed by atoms with Crippen LogP contribution in [0.4, 0.5) is 5.69 Å². The topological polar surface area (TPSA) is 124 Å². The Morgan fingerprint density at radius 3 is 2.61 bits per heavy atom. The summed E-state index contributed by atoms with van der Waals surface area (Å²) in [5.41, 5.74) is 0.591. The fourth-order valence-corrected chi connectivity index (χ4v) is 4.34. The average molecular weight is 479 g/mol. The van der Waals surface area contributed by atoms with Crippen molar-refractivity contribution in [3.05, 3.63) is 70.5 Å². The molecule has 2 aromatic carbocycles. The van der Waals surface area contributed by atoms with Crippen molar-refractivity contribution in [2.75, 3.05) is 5.32 Å². The summed E-state index contributed by atoms with van der Waals surface area (Å²) < 4.78 is 24.1. The Morgan fingerprint density at radius 1 is 1.32 bits per heavy atom. The number of amides is 1. The van der Waals surface area contributed by atoms with Gasteiger partial charge in [-0.1, -0.05) is 29.4 Å². The van der Waals surface area contributed by atoms with Crippen molar-refractivity contribution in [2.24, 2.45) is 5.14 Å². The molecule has 3 aromatic rings. The smallest absolute Gasteiger partial charge is 0.262 e. The number of halogens is 1. The molecule has 0 aliphatic heterocycles. The van der Waals surface area contributed by atoms with Gasteiger partial charge in [0, 0.05) is 17.3 Å². The molecule has 162 valence electrons. The molecular formula is C20H19ClN4O4S2. The Hall–Kier alpha value is -2.66. The number of nitrogens with zero attached hydrogens (tertiary/aromatic N) is 2. The number of anilines is 1. The predicted octanol–water partition coefficient (Wildman–Crippen LogP) is 3.00. The number of carbonyl (C=O) groups excluding carboxylic acids is 1. The molecule has 0 radical (unpaired) electrons. The van der Waals surface area contributed by atoms with Crippen molar-refractivity contribution in [3.63, 3.8) is 0 Å². The quantitative estimate of drug-likeness (QED) is 0.305. The second kappa shape index (κ2) is 9.23. The summed E-state index contributed by atoms with van der Waals surface area (Å²) in [4.78, 5) is 30.0. The van der Waals surface area contributed by atoms with E-state index in [-0.39, 0.29) is 22.9 Å². The van der Waals surface area contributed by atoms with Crippen molar-refractivity contribution in [3.8, 4) is 0 Å². The standard InChI is InChI=1S/C20H19ClN4O4S2/c1-3-10-25-19(27)16-9-4-13(21)11-17(16)24-20(25)30-12(2)18(26)23-14-5-7-15(8-6-14)31(22,28)29/h3-9,11-12H,1,10H2,2H3,(H,23,26)(H2,22,28,29). The molecule has 8 nitrogen and oxygen atoms in total. The summed E-state index contributed by atoms with van der Waals surface area (Å²) in [6.07, 6.45) is 1.58. The van der Waals surface area contributed by atoms with E-state index in [2.05, 4.69) is 16.9 Å². The van der Waals surface area contributed by atoms with Crippen LogP contribution in [0.2, 0.25) is 5.02 Å². The van der Waals surface area contributed by atoms with E-state index >= 15 is 0 Å². The summed E-state index contributed by atoms with van der Waals surface area (Å²) in [5, 5.41) is 8.38. The number of sulfonamides is 1. The number of nitrogens with two attached hydrogens (primary N) is 1. The molecule has 1 aromatic heterocycles. The van der Waals surface area contributed by atoms with Crippen molar-refractivity contribution in [1.29, 1.82) is 0 Å². The molecule has 3 rings (SSSR count). The summed E-state index contributed by atoms with van der Waals surface area (Å²) in [7, 11) is -3.82. The molecule has 1 amide bonds. The van der Waals surface area contributed by atoms with Crippen LogP contribution in [0.25, 0.3) is 10.9 Å². The number of benzene rings is 2. The first-order valence-corrected chi connectivity index (χ1v) is 11.8. The van der Waals surface area contributed by atoms with Crippen molar-refractivity contribution < 1.29 is 13.2 Å². The van der Waals surface area contributed by atoms with Crippen LogP contribution in [0.3, 0.4) is 0 Å². The van der Waals surface area contributed by atoms with Crippen molar-refractivity contribution in [1.82, 2.24) is 9.55 Å². The molecule has 0 spiro atoms. The molecule has 0 saturated carbocycles. The molecule has 31 heavy (non-hydrogen) atoms. The lowest BCUT2D eigenvalue weighted by atomic mass is 10.2. The molecule has 0 bridgehead atoms. The van der Waals surface area contributed by atoms with E-state index in [0.717, 1.165) is 11.8 Å². The maximum atomic E-state index is 12.9. The summed E-state index contributed by atoms with van der Waals surface area (Å²) >= 11 is 7.14. The van der Waals surface area contributed by atoms with E-state index in [1.165, 1.54) is 28.8 Å². The van der Waals surface area contributed by atoms with Crippen LogP contribution in [0.15, 0.2) is 70.0 Å². The zero-order valence-electron chi connectivity index (χ0n) is 16.4. The van der Waals surface area contributed by atoms with E-state index in [0.29, 0.717) is 26.8 Å². The fourth-order valence-electron chi connectivity index (χ4n) is 2.74. The third-order valence-electron chi connectivity index (χ3n) is 4.30. The summed E-state index contributed by atoms with van der Waals surface area (Å²) in [6.45, 7) is 5.58. The Kier molecular flexibility index (Phi) is 6.85. The van der Waals surface area contributed by atoms with E-state index in [1.807, 2.05) is 0 Å². The van der Waals surface area contributed by atoms with Gasteiger partial charge in [0.15, 0.2) is 5.16 Å². The molecule has 0 aliphatic carbocycles. The number of nitrogens with one attached hydrogen (secondary N) is 1. The van der Waals surface area contributed by atoms with Gasteiger partial charge in [-0.25, -0.2) is 18.5 Å². The van der Waals surface area contributed by atoms with Crippen LogP contribution in [0.5, 0.6) is 0 Å². The molecule has 3 N–H and O–H groups in total. The van der Waals surface area contributed by atoms with Crippen LogP contribution in [-0.4, -0.2) is 29.1 Å². The Labute approximate surface area is 188 Å². The largest absolute Gasteiger partial charge is 0.325 e. The zero-order chi connectivity index (χ0) is 22.8. The van der Waals surface area contributed by atoms with Gasteiger partial charge in [-0.2, -0.15) is 0 Å². The van der Waals surface area contributed by atoms with Gasteiger partial charge >= 0.3 is 0 Å². The van der Waals surface area contributed by atoms with Gasteiger partial charge in [-0.15, -0.1) is 6.58 Å². The highest BCUT2D eigenvalue weighted by molar-refractivity contribution is 8.00. The zero-order valence-corrected chi connectivity index (χ0v) is 18.8. The number of rotatable bonds is 7. The van der Waals surface area contributed by atoms with Gasteiger partial charge in [-0.3, -0.25) is 14.2 Å². The SMILES string of the molecule is C=CCn1c(SC(C)C(=O)Nc2ccc(S(N)(=O)=O)cc2)nc2cc(Cl)ccc2c1=O. The van der Waals surface area contributed by atoms with Crippen LogP contribution in [0.1, 0.15) is 6.92 Å². The highest BCUT2D eigenvalue weighted by Gasteiger charge is 2.20. The van der Waals surface area contributed by atoms with Crippen LogP contribution >= 0.6 is 23.4 Å². The second-order valence-electron chi connectivity index (χ2n) is 6.58. The van der Waals surface area contributed by atoms with Crippen LogP contribution in [-0.2, 0) is 21.4 Å². The Bertz CT molecular complexity index is 1320. The monoisotopic (exact) mass is 478 g/mol. The minimum atomic E-state index is -3.82. The second-order valence-corrected chi connectivity index (χ2v) is 9.88. The number of fused-ring (bicyclic) bond motifs is 1. The summed E-state index contributed by atoms with van der Waals surface area (Å²) in [6, 6.07) is 10.3. The minimum absolute atomic E-state index is 0.0552. The molecule has 1 atom stereocenters. The first-order chi connectivity index (χ1) is 14.6. The van der Waals surface area contributed by atoms with Gasteiger partial charge in [-0.05, 0) is 49.4 Å². The number of carbonyl (C=O) groups is 1. The van der Waals surface area contributed by atoms with Gasteiger partial charge in [0.25, 0.3) is 5.56 Å². The highest BCUT2D eigenvalue weighted by atomic mass is 35.5. The first kappa shape index (κ1) is 23.0. The number of aromatic nitrogens is 2. The lowest BCUT2D eigenvalue weighted by molar-refractivity contribution is -0.115. The third kappa shape index (κ3) is 5.34. The van der Waals surface area contributed by atoms with E-state index in [4.69, 9.17) is 16.7 Å². The number of thioether (sulfide) groups is 1. The van der Waals surface area contributed by atoms with E-state index in [1.54, 1.807) is 31.2 Å². The fraction of sp³-hybridized carbons (Fsp3) is 0.150. The van der Waals surface area contributed by atoms with Gasteiger partial charge < -0.3 is 5.32 Å². The Balaban J connectivity index is 1.85. The predicted molar refractivity (Wildman–Crippen MR) is 123 cm³/mol. The van der Waals surface area contributed by atoms with E-state index in [9.17, 15) is 18.0 Å². The molecule has 0 aliphatic rings. The van der Waals surface area contributed by atoms with Crippen molar-refractivity contribution >= 4 is 55.9 Å². The molecule has 0 saturated heterocycles. The Morgan fingerprint density at radius 2 is 2.00 bits per heavy atom. The lowest BCUT2D eigenvalue weighted by Gasteiger charge is -2.15. The van der Waals surface area contributed by atoms with E-state index < -0.39 is 15.3 Å². The highest BCUT2D eigenvalue weighted by Crippen LogP contribution is 2.25. The van der Waals surface area contributed by atoms with Crippen LogP contribution < -0.4 is 16.0 Å². The molecule has 11 heteroatoms. The van der Waals surface area contributed by atoms with Gasteiger partial charge in [0.05, 0.1) is 21.0 Å². The lowest BCUT2D eigenvalue weighted by Crippen LogP contribution is -2.26. The maximum Gasteiger partial charge on any atom is 0.262 e. The third-order valence-corrected chi connectivity index (χ3v) is 6.55. The number of primary sulfonamides is 1. The van der Waals surface area contributed by atoms with Gasteiger partial charge in [0.2, 0.25) is 15.9 Å². The molecule has 1 heterocycles.